The summed E-state index contributed by atoms with van der Waals surface area (Å²) in [5, 5.41) is 0. The van der Waals surface area contributed by atoms with Gasteiger partial charge in [0, 0.05) is 31.9 Å². The summed E-state index contributed by atoms with van der Waals surface area (Å²) in [6, 6.07) is 19.2. The van der Waals surface area contributed by atoms with Gasteiger partial charge in [-0.25, -0.2) is 4.98 Å². The van der Waals surface area contributed by atoms with E-state index in [9.17, 15) is 0 Å². The lowest BCUT2D eigenvalue weighted by Crippen LogP contribution is -2.47. The molecule has 0 atom stereocenters. The number of nitrogens with two attached hydrogens (primary N) is 2. The number of hydrogen-bond donors (Lipinski definition) is 2. The van der Waals surface area contributed by atoms with Crippen molar-refractivity contribution in [2.45, 2.75) is 13.3 Å². The molecule has 0 spiro atoms. The molecule has 4 rings (SSSR count). The molecule has 1 aliphatic rings. The van der Waals surface area contributed by atoms with E-state index >= 15 is 0 Å². The second-order valence-corrected chi connectivity index (χ2v) is 7.01. The molecule has 2 heterocycles. The van der Waals surface area contributed by atoms with Crippen molar-refractivity contribution >= 4 is 23.1 Å². The molecule has 6 nitrogen and oxygen atoms in total. The summed E-state index contributed by atoms with van der Waals surface area (Å²) >= 11 is 0. The second-order valence-electron chi connectivity index (χ2n) is 7.01. The van der Waals surface area contributed by atoms with Crippen LogP contribution >= 0.6 is 0 Å². The van der Waals surface area contributed by atoms with E-state index in [0.29, 0.717) is 5.82 Å². The Morgan fingerprint density at radius 3 is 2.21 bits per heavy atom. The summed E-state index contributed by atoms with van der Waals surface area (Å²) in [5.41, 5.74) is 17.5. The summed E-state index contributed by atoms with van der Waals surface area (Å²) < 4.78 is 0. The minimum atomic E-state index is 0.245. The topological polar surface area (TPSA) is 84.3 Å². The molecule has 0 radical (unpaired) electrons. The van der Waals surface area contributed by atoms with Crippen LogP contribution in [0, 0.1) is 0 Å². The zero-order chi connectivity index (χ0) is 19.5. The number of aromatic nitrogens is 2. The molecule has 6 heteroatoms. The average molecular weight is 374 g/mol. The highest BCUT2D eigenvalue weighted by Crippen LogP contribution is 2.30. The predicted molar refractivity (Wildman–Crippen MR) is 117 cm³/mol. The molecule has 1 fully saturated rings. The van der Waals surface area contributed by atoms with Crippen molar-refractivity contribution in [3.63, 3.8) is 0 Å². The minimum Gasteiger partial charge on any atom is -0.382 e. The highest BCUT2D eigenvalue weighted by atomic mass is 15.3. The van der Waals surface area contributed by atoms with E-state index in [1.54, 1.807) is 0 Å². The Hall–Kier alpha value is -3.28. The second kappa shape index (κ2) is 7.76. The molecule has 0 amide bonds. The minimum absolute atomic E-state index is 0.245. The number of nitrogen functional groups attached to an aromatic ring is 2. The van der Waals surface area contributed by atoms with Gasteiger partial charge in [-0.15, -0.1) is 0 Å². The van der Waals surface area contributed by atoms with Gasteiger partial charge in [0.25, 0.3) is 0 Å². The molecule has 0 aliphatic carbocycles. The molecule has 3 aromatic rings. The number of rotatable bonds is 4. The number of hydrogen-bond acceptors (Lipinski definition) is 6. The van der Waals surface area contributed by atoms with E-state index in [2.05, 4.69) is 75.2 Å². The number of anilines is 4. The summed E-state index contributed by atoms with van der Waals surface area (Å²) in [5.74, 6) is 0.721. The first-order valence-electron chi connectivity index (χ1n) is 9.73. The molecule has 0 unspecified atom stereocenters. The average Bonchev–Trinajstić information content (AvgIpc) is 2.74. The maximum absolute atomic E-state index is 6.17. The molecule has 1 saturated heterocycles. The van der Waals surface area contributed by atoms with Crippen LogP contribution in [-0.4, -0.2) is 36.1 Å². The molecule has 28 heavy (non-hydrogen) atoms. The SMILES string of the molecule is CCc1nc(N)nc(N)c1N1CCN(c2cccc(-c3ccccc3)c2)CC1. The standard InChI is InChI=1S/C22H26N6/c1-2-19-20(21(23)26-22(24)25-19)28-13-11-27(12-14-28)18-10-6-9-17(15-18)16-7-4-3-5-8-16/h3-10,15H,2,11-14H2,1H3,(H4,23,24,25,26). The summed E-state index contributed by atoms with van der Waals surface area (Å²) in [6.07, 6.45) is 0.783. The number of benzene rings is 2. The van der Waals surface area contributed by atoms with Crippen molar-refractivity contribution in [3.05, 3.63) is 60.3 Å². The van der Waals surface area contributed by atoms with Gasteiger partial charge < -0.3 is 21.3 Å². The smallest absolute Gasteiger partial charge is 0.222 e. The molecule has 0 bridgehead atoms. The molecule has 1 aliphatic heterocycles. The summed E-state index contributed by atoms with van der Waals surface area (Å²) in [6.45, 7) is 5.66. The van der Waals surface area contributed by atoms with Crippen LogP contribution in [0.4, 0.5) is 23.1 Å². The Bertz CT molecular complexity index is 948. The number of nitrogens with zero attached hydrogens (tertiary/aromatic N) is 4. The summed E-state index contributed by atoms with van der Waals surface area (Å²) in [7, 11) is 0. The fourth-order valence-corrected chi connectivity index (χ4v) is 3.83. The largest absolute Gasteiger partial charge is 0.382 e. The molecule has 144 valence electrons. The first-order valence-corrected chi connectivity index (χ1v) is 9.73. The van der Waals surface area contributed by atoms with E-state index in [0.717, 1.165) is 44.0 Å². The van der Waals surface area contributed by atoms with Crippen molar-refractivity contribution in [2.24, 2.45) is 0 Å². The lowest BCUT2D eigenvalue weighted by Gasteiger charge is -2.38. The molecule has 4 N–H and O–H groups in total. The third-order valence-corrected chi connectivity index (χ3v) is 5.25. The highest BCUT2D eigenvalue weighted by molar-refractivity contribution is 5.70. The highest BCUT2D eigenvalue weighted by Gasteiger charge is 2.23. The van der Waals surface area contributed by atoms with Crippen LogP contribution in [0.15, 0.2) is 54.6 Å². The molecule has 0 saturated carbocycles. The fourth-order valence-electron chi connectivity index (χ4n) is 3.83. The van der Waals surface area contributed by atoms with Crippen molar-refractivity contribution in [1.82, 2.24) is 9.97 Å². The fraction of sp³-hybridized carbons (Fsp3) is 0.273. The van der Waals surface area contributed by atoms with Gasteiger partial charge in [-0.1, -0.05) is 49.4 Å². The zero-order valence-electron chi connectivity index (χ0n) is 16.2. The van der Waals surface area contributed by atoms with Gasteiger partial charge in [0.15, 0.2) is 5.82 Å². The van der Waals surface area contributed by atoms with Gasteiger partial charge in [-0.05, 0) is 29.7 Å². The van der Waals surface area contributed by atoms with Gasteiger partial charge in [0.1, 0.15) is 5.69 Å². The van der Waals surface area contributed by atoms with Crippen LogP contribution in [-0.2, 0) is 6.42 Å². The maximum atomic E-state index is 6.17. The third kappa shape index (κ3) is 3.58. The first-order chi connectivity index (χ1) is 13.7. The van der Waals surface area contributed by atoms with E-state index in [4.69, 9.17) is 11.5 Å². The van der Waals surface area contributed by atoms with Gasteiger partial charge in [0.2, 0.25) is 5.95 Å². The Morgan fingerprint density at radius 2 is 1.50 bits per heavy atom. The van der Waals surface area contributed by atoms with Crippen LogP contribution in [0.25, 0.3) is 11.1 Å². The lowest BCUT2D eigenvalue weighted by atomic mass is 10.0. The Morgan fingerprint density at radius 1 is 0.821 bits per heavy atom. The Kier molecular flexibility index (Phi) is 5.02. The molecular formula is C22H26N6. The van der Waals surface area contributed by atoms with Gasteiger partial charge in [0.05, 0.1) is 5.69 Å². The van der Waals surface area contributed by atoms with E-state index in [1.165, 1.54) is 16.8 Å². The quantitative estimate of drug-likeness (QED) is 0.730. The van der Waals surface area contributed by atoms with Crippen LogP contribution < -0.4 is 21.3 Å². The summed E-state index contributed by atoms with van der Waals surface area (Å²) in [4.78, 5) is 13.3. The van der Waals surface area contributed by atoms with Crippen molar-refractivity contribution < 1.29 is 0 Å². The van der Waals surface area contributed by atoms with Crippen molar-refractivity contribution in [3.8, 4) is 11.1 Å². The van der Waals surface area contributed by atoms with Gasteiger partial charge in [-0.2, -0.15) is 4.98 Å². The Labute approximate surface area is 165 Å². The van der Waals surface area contributed by atoms with E-state index < -0.39 is 0 Å². The molecule has 1 aromatic heterocycles. The normalized spacial score (nSPS) is 14.3. The van der Waals surface area contributed by atoms with Gasteiger partial charge in [-0.3, -0.25) is 0 Å². The predicted octanol–water partition coefficient (Wildman–Crippen LogP) is 3.20. The van der Waals surface area contributed by atoms with Crippen molar-refractivity contribution in [2.75, 3.05) is 47.4 Å². The Balaban J connectivity index is 1.51. The van der Waals surface area contributed by atoms with Crippen LogP contribution in [0.5, 0.6) is 0 Å². The number of piperazine rings is 1. The lowest BCUT2D eigenvalue weighted by molar-refractivity contribution is 0.649. The monoisotopic (exact) mass is 374 g/mol. The van der Waals surface area contributed by atoms with Crippen LogP contribution in [0.3, 0.4) is 0 Å². The zero-order valence-corrected chi connectivity index (χ0v) is 16.2. The molecule has 2 aromatic carbocycles. The van der Waals surface area contributed by atoms with Crippen LogP contribution in [0.1, 0.15) is 12.6 Å². The van der Waals surface area contributed by atoms with E-state index in [-0.39, 0.29) is 5.95 Å². The first kappa shape index (κ1) is 18.1. The van der Waals surface area contributed by atoms with Crippen molar-refractivity contribution in [1.29, 1.82) is 0 Å². The van der Waals surface area contributed by atoms with E-state index in [1.807, 2.05) is 6.07 Å². The third-order valence-electron chi connectivity index (χ3n) is 5.25. The van der Waals surface area contributed by atoms with Crippen LogP contribution in [0.2, 0.25) is 0 Å². The maximum Gasteiger partial charge on any atom is 0.222 e. The number of aryl methyl sites for hydroxylation is 1. The molecular weight excluding hydrogens is 348 g/mol. The van der Waals surface area contributed by atoms with Gasteiger partial charge >= 0.3 is 0 Å².